The molecule has 0 unspecified atom stereocenters. The van der Waals surface area contributed by atoms with Crippen LogP contribution in [0.2, 0.25) is 5.28 Å². The summed E-state index contributed by atoms with van der Waals surface area (Å²) in [6, 6.07) is 0.255. The molecule has 0 N–H and O–H groups in total. The standard InChI is InChI=1S/C9H16ClN5O/c1-14(2)5-6-16-9-12-7(10)11-8(13-9)15(3)4/h5-6H2,1-4H3. The predicted octanol–water partition coefficient (Wildman–Crippen LogP) is 0.531. The molecule has 0 radical (unpaired) electrons. The Hall–Kier alpha value is -1.14. The smallest absolute Gasteiger partial charge is 0.322 e. The van der Waals surface area contributed by atoms with Gasteiger partial charge in [-0.25, -0.2) is 0 Å². The maximum atomic E-state index is 5.76. The van der Waals surface area contributed by atoms with Gasteiger partial charge >= 0.3 is 6.01 Å². The van der Waals surface area contributed by atoms with Crippen LogP contribution in [0.5, 0.6) is 6.01 Å². The van der Waals surface area contributed by atoms with Crippen LogP contribution in [-0.4, -0.2) is 61.2 Å². The summed E-state index contributed by atoms with van der Waals surface area (Å²) < 4.78 is 5.37. The van der Waals surface area contributed by atoms with Crippen molar-refractivity contribution in [1.82, 2.24) is 19.9 Å². The minimum absolute atomic E-state index is 0.138. The van der Waals surface area contributed by atoms with Crippen molar-refractivity contribution in [1.29, 1.82) is 0 Å². The number of halogens is 1. The third kappa shape index (κ3) is 4.16. The molecule has 0 aliphatic rings. The fourth-order valence-electron chi connectivity index (χ4n) is 0.906. The van der Waals surface area contributed by atoms with Crippen molar-refractivity contribution < 1.29 is 4.74 Å². The first-order valence-corrected chi connectivity index (χ1v) is 5.23. The predicted molar refractivity (Wildman–Crippen MR) is 63.2 cm³/mol. The first kappa shape index (κ1) is 12.9. The van der Waals surface area contributed by atoms with Crippen LogP contribution >= 0.6 is 11.6 Å². The highest BCUT2D eigenvalue weighted by Gasteiger charge is 2.07. The number of hydrogen-bond donors (Lipinski definition) is 0. The molecule has 1 aromatic rings. The van der Waals surface area contributed by atoms with Gasteiger partial charge in [0.1, 0.15) is 6.61 Å². The Morgan fingerprint density at radius 3 is 2.38 bits per heavy atom. The van der Waals surface area contributed by atoms with Crippen molar-refractivity contribution in [2.45, 2.75) is 0 Å². The van der Waals surface area contributed by atoms with Gasteiger partial charge in [-0.3, -0.25) is 0 Å². The molecule has 0 atom stereocenters. The van der Waals surface area contributed by atoms with E-state index in [1.807, 2.05) is 33.1 Å². The van der Waals surface area contributed by atoms with Gasteiger partial charge in [0, 0.05) is 20.6 Å². The molecule has 6 nitrogen and oxygen atoms in total. The Kier molecular flexibility index (Phi) is 4.70. The molecular formula is C9H16ClN5O. The van der Waals surface area contributed by atoms with Crippen molar-refractivity contribution in [3.63, 3.8) is 0 Å². The number of aromatic nitrogens is 3. The van der Waals surface area contributed by atoms with Gasteiger partial charge < -0.3 is 14.5 Å². The minimum Gasteiger partial charge on any atom is -0.462 e. The van der Waals surface area contributed by atoms with Crippen LogP contribution < -0.4 is 9.64 Å². The molecule has 0 aliphatic carbocycles. The van der Waals surface area contributed by atoms with Gasteiger partial charge in [0.2, 0.25) is 11.2 Å². The van der Waals surface area contributed by atoms with Crippen molar-refractivity contribution in [2.24, 2.45) is 0 Å². The molecule has 7 heteroatoms. The van der Waals surface area contributed by atoms with E-state index in [0.717, 1.165) is 6.54 Å². The highest BCUT2D eigenvalue weighted by Crippen LogP contribution is 2.12. The summed E-state index contributed by atoms with van der Waals surface area (Å²) in [5, 5.41) is 0.138. The molecule has 0 amide bonds. The van der Waals surface area contributed by atoms with Crippen molar-refractivity contribution >= 4 is 17.5 Å². The third-order valence-electron chi connectivity index (χ3n) is 1.75. The van der Waals surface area contributed by atoms with Gasteiger partial charge in [-0.2, -0.15) is 15.0 Å². The fourth-order valence-corrected chi connectivity index (χ4v) is 1.05. The van der Waals surface area contributed by atoms with E-state index >= 15 is 0 Å². The van der Waals surface area contributed by atoms with Crippen LogP contribution in [0.4, 0.5) is 5.95 Å². The van der Waals surface area contributed by atoms with Gasteiger partial charge in [0.15, 0.2) is 0 Å². The summed E-state index contributed by atoms with van der Waals surface area (Å²) in [4.78, 5) is 15.7. The maximum absolute atomic E-state index is 5.76. The molecule has 1 aromatic heterocycles. The van der Waals surface area contributed by atoms with E-state index < -0.39 is 0 Å². The molecule has 0 bridgehead atoms. The summed E-state index contributed by atoms with van der Waals surface area (Å²) in [5.74, 6) is 0.486. The average molecular weight is 246 g/mol. The highest BCUT2D eigenvalue weighted by atomic mass is 35.5. The zero-order chi connectivity index (χ0) is 12.1. The second-order valence-electron chi connectivity index (χ2n) is 3.73. The molecule has 0 saturated heterocycles. The molecule has 1 heterocycles. The number of hydrogen-bond acceptors (Lipinski definition) is 6. The van der Waals surface area contributed by atoms with Gasteiger partial charge in [-0.1, -0.05) is 0 Å². The van der Waals surface area contributed by atoms with Crippen molar-refractivity contribution in [3.05, 3.63) is 5.28 Å². The van der Waals surface area contributed by atoms with Crippen LogP contribution in [0.25, 0.3) is 0 Å². The fraction of sp³-hybridized carbons (Fsp3) is 0.667. The van der Waals surface area contributed by atoms with Crippen LogP contribution in [0, 0.1) is 0 Å². The number of rotatable bonds is 5. The summed E-state index contributed by atoms with van der Waals surface area (Å²) in [7, 11) is 7.59. The van der Waals surface area contributed by atoms with E-state index in [-0.39, 0.29) is 11.3 Å². The molecule has 0 saturated carbocycles. The van der Waals surface area contributed by atoms with Crippen LogP contribution in [0.3, 0.4) is 0 Å². The maximum Gasteiger partial charge on any atom is 0.322 e. The lowest BCUT2D eigenvalue weighted by Gasteiger charge is -2.12. The number of anilines is 1. The number of nitrogens with zero attached hydrogens (tertiary/aromatic N) is 5. The Labute approximate surface area is 100 Å². The third-order valence-corrected chi connectivity index (χ3v) is 1.91. The van der Waals surface area contributed by atoms with Gasteiger partial charge in [0.25, 0.3) is 0 Å². The first-order chi connectivity index (χ1) is 7.49. The van der Waals surface area contributed by atoms with Crippen molar-refractivity contribution in [2.75, 3.05) is 46.2 Å². The van der Waals surface area contributed by atoms with Crippen LogP contribution in [0.1, 0.15) is 0 Å². The summed E-state index contributed by atoms with van der Waals surface area (Å²) in [6.07, 6.45) is 0. The number of likely N-dealkylation sites (N-methyl/N-ethyl adjacent to an activating group) is 1. The van der Waals surface area contributed by atoms with Crippen LogP contribution in [0.15, 0.2) is 0 Å². The molecule has 0 spiro atoms. The van der Waals surface area contributed by atoms with E-state index in [1.54, 1.807) is 4.90 Å². The Bertz CT molecular complexity index is 345. The minimum atomic E-state index is 0.138. The van der Waals surface area contributed by atoms with Crippen LogP contribution in [-0.2, 0) is 0 Å². The van der Waals surface area contributed by atoms with Gasteiger partial charge in [0.05, 0.1) is 0 Å². The zero-order valence-electron chi connectivity index (χ0n) is 9.94. The molecule has 90 valence electrons. The molecular weight excluding hydrogens is 230 g/mol. The Balaban J connectivity index is 2.65. The highest BCUT2D eigenvalue weighted by molar-refractivity contribution is 6.28. The Morgan fingerprint density at radius 2 is 1.81 bits per heavy atom. The van der Waals surface area contributed by atoms with E-state index in [9.17, 15) is 0 Å². The second kappa shape index (κ2) is 5.81. The lowest BCUT2D eigenvalue weighted by atomic mass is 10.6. The quantitative estimate of drug-likeness (QED) is 0.755. The topological polar surface area (TPSA) is 54.4 Å². The van der Waals surface area contributed by atoms with Gasteiger partial charge in [-0.15, -0.1) is 0 Å². The number of ether oxygens (including phenoxy) is 1. The lowest BCUT2D eigenvalue weighted by molar-refractivity contribution is 0.245. The molecule has 0 aromatic carbocycles. The molecule has 16 heavy (non-hydrogen) atoms. The summed E-state index contributed by atoms with van der Waals surface area (Å²) in [6.45, 7) is 1.31. The Morgan fingerprint density at radius 1 is 1.12 bits per heavy atom. The van der Waals surface area contributed by atoms with Gasteiger partial charge in [-0.05, 0) is 25.7 Å². The SMILES string of the molecule is CN(C)CCOc1nc(Cl)nc(N(C)C)n1. The largest absolute Gasteiger partial charge is 0.462 e. The monoisotopic (exact) mass is 245 g/mol. The van der Waals surface area contributed by atoms with E-state index in [0.29, 0.717) is 12.6 Å². The lowest BCUT2D eigenvalue weighted by Crippen LogP contribution is -2.20. The summed E-state index contributed by atoms with van der Waals surface area (Å²) in [5.41, 5.74) is 0. The first-order valence-electron chi connectivity index (χ1n) is 4.85. The van der Waals surface area contributed by atoms with E-state index in [2.05, 4.69) is 15.0 Å². The molecule has 0 fully saturated rings. The normalized spacial score (nSPS) is 10.6. The van der Waals surface area contributed by atoms with E-state index in [4.69, 9.17) is 16.3 Å². The van der Waals surface area contributed by atoms with E-state index in [1.165, 1.54) is 0 Å². The average Bonchev–Trinajstić information content (AvgIpc) is 2.16. The summed E-state index contributed by atoms with van der Waals surface area (Å²) >= 11 is 5.76. The molecule has 0 aliphatic heterocycles. The van der Waals surface area contributed by atoms with Crippen molar-refractivity contribution in [3.8, 4) is 6.01 Å². The molecule has 1 rings (SSSR count). The second-order valence-corrected chi connectivity index (χ2v) is 4.07. The zero-order valence-corrected chi connectivity index (χ0v) is 10.7.